The van der Waals surface area contributed by atoms with Gasteiger partial charge in [0.1, 0.15) is 5.82 Å². The van der Waals surface area contributed by atoms with E-state index in [0.29, 0.717) is 12.0 Å². The number of rotatable bonds is 4. The summed E-state index contributed by atoms with van der Waals surface area (Å²) in [4.78, 5) is 23.2. The summed E-state index contributed by atoms with van der Waals surface area (Å²) in [5.41, 5.74) is 0.455. The van der Waals surface area contributed by atoms with Crippen LogP contribution in [0.2, 0.25) is 0 Å². The lowest BCUT2D eigenvalue weighted by atomic mass is 9.76. The Labute approximate surface area is 111 Å². The van der Waals surface area contributed by atoms with Gasteiger partial charge in [-0.05, 0) is 43.0 Å². The Morgan fingerprint density at radius 1 is 1.16 bits per heavy atom. The van der Waals surface area contributed by atoms with Gasteiger partial charge in [-0.3, -0.25) is 9.59 Å². The maximum absolute atomic E-state index is 12.8. The number of carboxylic acids is 1. The van der Waals surface area contributed by atoms with Crippen molar-refractivity contribution in [2.75, 3.05) is 0 Å². The van der Waals surface area contributed by atoms with E-state index >= 15 is 0 Å². The van der Waals surface area contributed by atoms with Crippen LogP contribution < -0.4 is 0 Å². The van der Waals surface area contributed by atoms with Crippen molar-refractivity contribution in [3.63, 3.8) is 0 Å². The zero-order valence-electron chi connectivity index (χ0n) is 10.6. The summed E-state index contributed by atoms with van der Waals surface area (Å²) < 4.78 is 12.8. The minimum atomic E-state index is -0.809. The molecule has 0 saturated heterocycles. The first kappa shape index (κ1) is 13.7. The summed E-state index contributed by atoms with van der Waals surface area (Å²) in [6.07, 6.45) is 3.56. The molecule has 1 fully saturated rings. The van der Waals surface area contributed by atoms with Crippen molar-refractivity contribution >= 4 is 11.8 Å². The van der Waals surface area contributed by atoms with Crippen molar-refractivity contribution in [3.05, 3.63) is 35.6 Å². The lowest BCUT2D eigenvalue weighted by Gasteiger charge is -2.27. The molecule has 0 radical (unpaired) electrons. The molecule has 1 N–H and O–H groups in total. The zero-order valence-corrected chi connectivity index (χ0v) is 10.6. The molecule has 0 amide bonds. The highest BCUT2D eigenvalue weighted by Gasteiger charge is 2.32. The van der Waals surface area contributed by atoms with Crippen molar-refractivity contribution in [3.8, 4) is 0 Å². The smallest absolute Gasteiger partial charge is 0.306 e. The summed E-state index contributed by atoms with van der Waals surface area (Å²) in [6, 6.07) is 5.41. The third kappa shape index (κ3) is 3.40. The van der Waals surface area contributed by atoms with Crippen LogP contribution in [0.15, 0.2) is 24.3 Å². The quantitative estimate of drug-likeness (QED) is 0.849. The van der Waals surface area contributed by atoms with E-state index < -0.39 is 11.9 Å². The number of carbonyl (C=O) groups is 2. The standard InChI is InChI=1S/C15H17FO3/c16-12-7-5-10(6-8-12)14(17)9-11-3-1-2-4-13(11)15(18)19/h5-8,11,13H,1-4,9H2,(H,18,19). The number of carbonyl (C=O) groups excluding carboxylic acids is 1. The Morgan fingerprint density at radius 3 is 2.42 bits per heavy atom. The van der Waals surface area contributed by atoms with Crippen LogP contribution in [-0.4, -0.2) is 16.9 Å². The van der Waals surface area contributed by atoms with E-state index in [1.54, 1.807) is 0 Å². The number of benzene rings is 1. The van der Waals surface area contributed by atoms with Crippen LogP contribution in [-0.2, 0) is 4.79 Å². The van der Waals surface area contributed by atoms with E-state index in [0.717, 1.165) is 19.3 Å². The van der Waals surface area contributed by atoms with Crippen LogP contribution in [0.4, 0.5) is 4.39 Å². The van der Waals surface area contributed by atoms with Crippen molar-refractivity contribution in [1.82, 2.24) is 0 Å². The van der Waals surface area contributed by atoms with Gasteiger partial charge in [0.15, 0.2) is 5.78 Å². The average Bonchev–Trinajstić information content (AvgIpc) is 2.39. The number of Topliss-reactive ketones (excluding diaryl/α,β-unsaturated/α-hetero) is 1. The zero-order chi connectivity index (χ0) is 13.8. The number of hydrogen-bond donors (Lipinski definition) is 1. The second-order valence-corrected chi connectivity index (χ2v) is 5.12. The molecular formula is C15H17FO3. The lowest BCUT2D eigenvalue weighted by Crippen LogP contribution is -2.28. The molecule has 0 bridgehead atoms. The molecule has 2 rings (SSSR count). The van der Waals surface area contributed by atoms with Gasteiger partial charge >= 0.3 is 5.97 Å². The molecule has 102 valence electrons. The van der Waals surface area contributed by atoms with Crippen LogP contribution in [0.25, 0.3) is 0 Å². The van der Waals surface area contributed by atoms with E-state index in [9.17, 15) is 14.0 Å². The highest BCUT2D eigenvalue weighted by molar-refractivity contribution is 5.96. The Morgan fingerprint density at radius 2 is 1.79 bits per heavy atom. The van der Waals surface area contributed by atoms with Crippen LogP contribution in [0.5, 0.6) is 0 Å². The Hall–Kier alpha value is -1.71. The Kier molecular flexibility index (Phi) is 4.30. The maximum atomic E-state index is 12.8. The lowest BCUT2D eigenvalue weighted by molar-refractivity contribution is -0.144. The van der Waals surface area contributed by atoms with Crippen molar-refractivity contribution in [1.29, 1.82) is 0 Å². The summed E-state index contributed by atoms with van der Waals surface area (Å²) in [5.74, 6) is -1.80. The normalized spacial score (nSPS) is 23.0. The third-order valence-electron chi connectivity index (χ3n) is 3.84. The van der Waals surface area contributed by atoms with Crippen LogP contribution in [0.3, 0.4) is 0 Å². The van der Waals surface area contributed by atoms with Gasteiger partial charge in [-0.15, -0.1) is 0 Å². The van der Waals surface area contributed by atoms with Crippen molar-refractivity contribution < 1.29 is 19.1 Å². The second-order valence-electron chi connectivity index (χ2n) is 5.12. The fraction of sp³-hybridized carbons (Fsp3) is 0.467. The van der Waals surface area contributed by atoms with Gasteiger partial charge < -0.3 is 5.11 Å². The maximum Gasteiger partial charge on any atom is 0.306 e. The number of hydrogen-bond acceptors (Lipinski definition) is 2. The van der Waals surface area contributed by atoms with Gasteiger partial charge in [-0.25, -0.2) is 4.39 Å². The summed E-state index contributed by atoms with van der Waals surface area (Å²) in [7, 11) is 0. The van der Waals surface area contributed by atoms with Crippen LogP contribution in [0.1, 0.15) is 42.5 Å². The fourth-order valence-electron chi connectivity index (χ4n) is 2.77. The Balaban J connectivity index is 2.04. The molecule has 1 saturated carbocycles. The number of carboxylic acid groups (broad SMARTS) is 1. The number of ketones is 1. The summed E-state index contributed by atoms with van der Waals surface area (Å²) in [5, 5.41) is 9.17. The molecule has 3 nitrogen and oxygen atoms in total. The van der Waals surface area contributed by atoms with E-state index in [1.807, 2.05) is 0 Å². The van der Waals surface area contributed by atoms with Crippen molar-refractivity contribution in [2.45, 2.75) is 32.1 Å². The molecule has 4 heteroatoms. The number of aliphatic carboxylic acids is 1. The highest BCUT2D eigenvalue weighted by Crippen LogP contribution is 2.33. The van der Waals surface area contributed by atoms with Gasteiger partial charge in [0.05, 0.1) is 5.92 Å². The van der Waals surface area contributed by atoms with Crippen molar-refractivity contribution in [2.24, 2.45) is 11.8 Å². The topological polar surface area (TPSA) is 54.4 Å². The molecule has 19 heavy (non-hydrogen) atoms. The minimum Gasteiger partial charge on any atom is -0.481 e. The van der Waals surface area contributed by atoms with Crippen LogP contribution in [0, 0.1) is 17.7 Å². The number of halogens is 1. The van der Waals surface area contributed by atoms with Gasteiger partial charge in [-0.1, -0.05) is 12.8 Å². The van der Waals surface area contributed by atoms with Crippen LogP contribution >= 0.6 is 0 Å². The van der Waals surface area contributed by atoms with E-state index in [-0.39, 0.29) is 23.9 Å². The van der Waals surface area contributed by atoms with Gasteiger partial charge in [0, 0.05) is 12.0 Å². The largest absolute Gasteiger partial charge is 0.481 e. The average molecular weight is 264 g/mol. The SMILES string of the molecule is O=C(CC1CCCCC1C(=O)O)c1ccc(F)cc1. The molecule has 0 aromatic heterocycles. The highest BCUT2D eigenvalue weighted by atomic mass is 19.1. The summed E-state index contributed by atoms with van der Waals surface area (Å²) in [6.45, 7) is 0. The minimum absolute atomic E-state index is 0.0937. The van der Waals surface area contributed by atoms with Gasteiger partial charge in [0.25, 0.3) is 0 Å². The molecule has 2 atom stereocenters. The molecule has 0 heterocycles. The van der Waals surface area contributed by atoms with Gasteiger partial charge in [0.2, 0.25) is 0 Å². The second kappa shape index (κ2) is 5.95. The third-order valence-corrected chi connectivity index (χ3v) is 3.84. The fourth-order valence-corrected chi connectivity index (χ4v) is 2.77. The summed E-state index contributed by atoms with van der Waals surface area (Å²) >= 11 is 0. The molecule has 1 aliphatic carbocycles. The predicted molar refractivity (Wildman–Crippen MR) is 68.4 cm³/mol. The molecule has 1 aromatic carbocycles. The van der Waals surface area contributed by atoms with E-state index in [2.05, 4.69) is 0 Å². The first-order chi connectivity index (χ1) is 9.08. The molecule has 1 aliphatic rings. The molecule has 0 aliphatic heterocycles. The van der Waals surface area contributed by atoms with Gasteiger partial charge in [-0.2, -0.15) is 0 Å². The first-order valence-electron chi connectivity index (χ1n) is 6.59. The molecule has 2 unspecified atom stereocenters. The van der Waals surface area contributed by atoms with E-state index in [1.165, 1.54) is 24.3 Å². The first-order valence-corrected chi connectivity index (χ1v) is 6.59. The molecule has 0 spiro atoms. The molecule has 1 aromatic rings. The Bertz CT molecular complexity index is 467. The van der Waals surface area contributed by atoms with E-state index in [4.69, 9.17) is 5.11 Å². The monoisotopic (exact) mass is 264 g/mol. The predicted octanol–water partition coefficient (Wildman–Crippen LogP) is 3.29. The molecular weight excluding hydrogens is 247 g/mol.